The molecule has 2 rings (SSSR count). The number of aryl methyl sites for hydroxylation is 1. The van der Waals surface area contributed by atoms with Crippen molar-refractivity contribution >= 4 is 17.3 Å². The van der Waals surface area contributed by atoms with Crippen molar-refractivity contribution in [2.24, 2.45) is 0 Å². The Balaban J connectivity index is 2.19. The van der Waals surface area contributed by atoms with E-state index in [2.05, 4.69) is 43.4 Å². The largest absolute Gasteiger partial charge is 0.495 e. The molecule has 2 aromatic rings. The Bertz CT molecular complexity index is 566. The standard InChI is InChI=1S/C17H20ClNO/c1-4-16(13-7-5-12(2)6-8-13)19-14-9-10-15(18)17(11-14)20-3/h5-11,16,19H,4H2,1-3H3. The molecule has 3 heteroatoms. The van der Waals surface area contributed by atoms with E-state index in [-0.39, 0.29) is 6.04 Å². The third-order valence-electron chi connectivity index (χ3n) is 3.38. The van der Waals surface area contributed by atoms with Gasteiger partial charge in [-0.1, -0.05) is 48.4 Å². The molecule has 1 unspecified atom stereocenters. The van der Waals surface area contributed by atoms with Crippen molar-refractivity contribution in [3.63, 3.8) is 0 Å². The van der Waals surface area contributed by atoms with Gasteiger partial charge in [0.25, 0.3) is 0 Å². The molecule has 106 valence electrons. The molecule has 0 heterocycles. The Morgan fingerprint density at radius 1 is 1.15 bits per heavy atom. The molecule has 0 aliphatic rings. The van der Waals surface area contributed by atoms with Gasteiger partial charge in [0.1, 0.15) is 5.75 Å². The lowest BCUT2D eigenvalue weighted by molar-refractivity contribution is 0.415. The fourth-order valence-corrected chi connectivity index (χ4v) is 2.37. The number of hydrogen-bond acceptors (Lipinski definition) is 2. The number of nitrogens with one attached hydrogen (secondary N) is 1. The van der Waals surface area contributed by atoms with Crippen LogP contribution < -0.4 is 10.1 Å². The monoisotopic (exact) mass is 289 g/mol. The van der Waals surface area contributed by atoms with E-state index in [1.54, 1.807) is 7.11 Å². The summed E-state index contributed by atoms with van der Waals surface area (Å²) in [7, 11) is 1.63. The summed E-state index contributed by atoms with van der Waals surface area (Å²) >= 11 is 6.05. The molecule has 20 heavy (non-hydrogen) atoms. The molecule has 0 bridgehead atoms. The minimum Gasteiger partial charge on any atom is -0.495 e. The van der Waals surface area contributed by atoms with Gasteiger partial charge in [0.05, 0.1) is 18.2 Å². The highest BCUT2D eigenvalue weighted by atomic mass is 35.5. The number of halogens is 1. The minimum absolute atomic E-state index is 0.279. The summed E-state index contributed by atoms with van der Waals surface area (Å²) in [6.07, 6.45) is 1.01. The van der Waals surface area contributed by atoms with E-state index >= 15 is 0 Å². The summed E-state index contributed by atoms with van der Waals surface area (Å²) in [6, 6.07) is 14.7. The first-order valence-electron chi connectivity index (χ1n) is 6.80. The quantitative estimate of drug-likeness (QED) is 0.815. The van der Waals surface area contributed by atoms with Gasteiger partial charge in [0, 0.05) is 11.8 Å². The first kappa shape index (κ1) is 14.7. The van der Waals surface area contributed by atoms with Gasteiger partial charge in [0.2, 0.25) is 0 Å². The molecule has 0 spiro atoms. The average Bonchev–Trinajstić information content (AvgIpc) is 2.47. The summed E-state index contributed by atoms with van der Waals surface area (Å²) < 4.78 is 5.25. The van der Waals surface area contributed by atoms with Gasteiger partial charge in [-0.25, -0.2) is 0 Å². The van der Waals surface area contributed by atoms with Crippen LogP contribution in [0, 0.1) is 6.92 Å². The van der Waals surface area contributed by atoms with E-state index in [1.807, 2.05) is 18.2 Å². The van der Waals surface area contributed by atoms with E-state index in [1.165, 1.54) is 11.1 Å². The van der Waals surface area contributed by atoms with Crippen LogP contribution in [0.4, 0.5) is 5.69 Å². The molecule has 0 radical (unpaired) electrons. The van der Waals surface area contributed by atoms with Gasteiger partial charge >= 0.3 is 0 Å². The molecule has 2 nitrogen and oxygen atoms in total. The molecule has 0 aliphatic carbocycles. The van der Waals surface area contributed by atoms with Crippen molar-refractivity contribution in [1.29, 1.82) is 0 Å². The van der Waals surface area contributed by atoms with Crippen LogP contribution in [0.2, 0.25) is 5.02 Å². The van der Waals surface area contributed by atoms with Crippen molar-refractivity contribution in [3.8, 4) is 5.75 Å². The van der Waals surface area contributed by atoms with Crippen LogP contribution in [0.15, 0.2) is 42.5 Å². The fourth-order valence-electron chi connectivity index (χ4n) is 2.17. The molecule has 0 aromatic heterocycles. The van der Waals surface area contributed by atoms with E-state index < -0.39 is 0 Å². The Kier molecular flexibility index (Phi) is 4.91. The second kappa shape index (κ2) is 6.67. The highest BCUT2D eigenvalue weighted by Gasteiger charge is 2.10. The number of anilines is 1. The predicted molar refractivity (Wildman–Crippen MR) is 85.8 cm³/mol. The summed E-state index contributed by atoms with van der Waals surface area (Å²) in [5, 5.41) is 4.15. The first-order valence-corrected chi connectivity index (χ1v) is 7.18. The molecule has 1 N–H and O–H groups in total. The van der Waals surface area contributed by atoms with Crippen molar-refractivity contribution in [2.45, 2.75) is 26.3 Å². The molecule has 0 saturated carbocycles. The summed E-state index contributed by atoms with van der Waals surface area (Å²) in [4.78, 5) is 0. The normalized spacial score (nSPS) is 12.0. The Morgan fingerprint density at radius 2 is 1.85 bits per heavy atom. The highest BCUT2D eigenvalue weighted by molar-refractivity contribution is 6.32. The van der Waals surface area contributed by atoms with E-state index in [0.717, 1.165) is 12.1 Å². The van der Waals surface area contributed by atoms with E-state index in [9.17, 15) is 0 Å². The van der Waals surface area contributed by atoms with Gasteiger partial charge in [-0.15, -0.1) is 0 Å². The second-order valence-electron chi connectivity index (χ2n) is 4.87. The van der Waals surface area contributed by atoms with E-state index in [4.69, 9.17) is 16.3 Å². The van der Waals surface area contributed by atoms with Crippen molar-refractivity contribution in [1.82, 2.24) is 0 Å². The van der Waals surface area contributed by atoms with Crippen LogP contribution in [0.5, 0.6) is 5.75 Å². The maximum absolute atomic E-state index is 6.05. The lowest BCUT2D eigenvalue weighted by Gasteiger charge is -2.19. The van der Waals surface area contributed by atoms with Crippen LogP contribution in [0.3, 0.4) is 0 Å². The zero-order valence-corrected chi connectivity index (χ0v) is 12.9. The topological polar surface area (TPSA) is 21.3 Å². The van der Waals surface area contributed by atoms with Gasteiger partial charge in [-0.05, 0) is 31.0 Å². The maximum atomic E-state index is 6.05. The average molecular weight is 290 g/mol. The molecule has 0 saturated heterocycles. The van der Waals surface area contributed by atoms with Crippen LogP contribution in [0.25, 0.3) is 0 Å². The van der Waals surface area contributed by atoms with Crippen LogP contribution in [-0.4, -0.2) is 7.11 Å². The number of hydrogen-bond donors (Lipinski definition) is 1. The van der Waals surface area contributed by atoms with Gasteiger partial charge in [-0.3, -0.25) is 0 Å². The third-order valence-corrected chi connectivity index (χ3v) is 3.69. The highest BCUT2D eigenvalue weighted by Crippen LogP contribution is 2.30. The van der Waals surface area contributed by atoms with Crippen LogP contribution in [-0.2, 0) is 0 Å². The zero-order chi connectivity index (χ0) is 14.5. The summed E-state index contributed by atoms with van der Waals surface area (Å²) in [5.41, 5.74) is 3.57. The number of ether oxygens (including phenoxy) is 1. The zero-order valence-electron chi connectivity index (χ0n) is 12.1. The van der Waals surface area contributed by atoms with Crippen LogP contribution in [0.1, 0.15) is 30.5 Å². The van der Waals surface area contributed by atoms with Gasteiger partial charge in [-0.2, -0.15) is 0 Å². The molecule has 0 amide bonds. The molecule has 2 aromatic carbocycles. The molecular formula is C17H20ClNO. The number of benzene rings is 2. The fraction of sp³-hybridized carbons (Fsp3) is 0.294. The van der Waals surface area contributed by atoms with Gasteiger partial charge < -0.3 is 10.1 Å². The first-order chi connectivity index (χ1) is 9.63. The lowest BCUT2D eigenvalue weighted by Crippen LogP contribution is -2.09. The SMILES string of the molecule is CCC(Nc1ccc(Cl)c(OC)c1)c1ccc(C)cc1. The van der Waals surface area contributed by atoms with Crippen LogP contribution >= 0.6 is 11.6 Å². The lowest BCUT2D eigenvalue weighted by atomic mass is 10.0. The van der Waals surface area contributed by atoms with Crippen molar-refractivity contribution in [2.75, 3.05) is 12.4 Å². The molecule has 0 fully saturated rings. The molecule has 1 atom stereocenters. The smallest absolute Gasteiger partial charge is 0.139 e. The number of rotatable bonds is 5. The summed E-state index contributed by atoms with van der Waals surface area (Å²) in [6.45, 7) is 4.27. The molecule has 0 aliphatic heterocycles. The van der Waals surface area contributed by atoms with E-state index in [0.29, 0.717) is 10.8 Å². The molecular weight excluding hydrogens is 270 g/mol. The minimum atomic E-state index is 0.279. The third kappa shape index (κ3) is 3.45. The number of methoxy groups -OCH3 is 1. The maximum Gasteiger partial charge on any atom is 0.139 e. The van der Waals surface area contributed by atoms with Crippen molar-refractivity contribution in [3.05, 3.63) is 58.6 Å². The van der Waals surface area contributed by atoms with Crippen molar-refractivity contribution < 1.29 is 4.74 Å². The Labute approximate surface area is 125 Å². The Hall–Kier alpha value is -1.67. The Morgan fingerprint density at radius 3 is 2.45 bits per heavy atom. The second-order valence-corrected chi connectivity index (χ2v) is 5.27. The van der Waals surface area contributed by atoms with Gasteiger partial charge in [0.15, 0.2) is 0 Å². The predicted octanol–water partition coefficient (Wildman–Crippen LogP) is 5.22. The summed E-state index contributed by atoms with van der Waals surface area (Å²) in [5.74, 6) is 0.690.